The number of ether oxygens (including phenoxy) is 2. The molecule has 0 aliphatic heterocycles. The van der Waals surface area contributed by atoms with Crippen LogP contribution in [0.5, 0.6) is 0 Å². The number of hydrogen-bond acceptors (Lipinski definition) is 3. The molecule has 1 rings (SSSR count). The fraction of sp³-hybridized carbons (Fsp3) is 0.731. The van der Waals surface area contributed by atoms with Gasteiger partial charge in [0.05, 0.1) is 13.2 Å². The van der Waals surface area contributed by atoms with Gasteiger partial charge in [0.15, 0.2) is 0 Å². The molecule has 166 valence electrons. The second kappa shape index (κ2) is 18.7. The number of benzene rings is 1. The Hall–Kier alpha value is -1.35. The van der Waals surface area contributed by atoms with Crippen LogP contribution in [0.1, 0.15) is 109 Å². The Bertz CT molecular complexity index is 486. The third-order valence-electron chi connectivity index (χ3n) is 5.28. The van der Waals surface area contributed by atoms with Gasteiger partial charge in [0.1, 0.15) is 6.10 Å². The molecule has 3 heteroatoms. The van der Waals surface area contributed by atoms with Crippen LogP contribution in [-0.4, -0.2) is 18.7 Å². The molecule has 0 bridgehead atoms. The first kappa shape index (κ1) is 25.7. The highest BCUT2D eigenvalue weighted by Crippen LogP contribution is 2.13. The molecule has 1 aromatic rings. The van der Waals surface area contributed by atoms with Gasteiger partial charge in [-0.25, -0.2) is 0 Å². The van der Waals surface area contributed by atoms with Gasteiger partial charge in [-0.15, -0.1) is 0 Å². The molecule has 29 heavy (non-hydrogen) atoms. The summed E-state index contributed by atoms with van der Waals surface area (Å²) in [5.74, 6) is -0.0936. The van der Waals surface area contributed by atoms with Gasteiger partial charge in [0.25, 0.3) is 0 Å². The molecule has 0 aliphatic rings. The van der Waals surface area contributed by atoms with Crippen molar-refractivity contribution in [2.24, 2.45) is 0 Å². The lowest BCUT2D eigenvalue weighted by molar-refractivity contribution is -0.151. The number of rotatable bonds is 19. The highest BCUT2D eigenvalue weighted by Gasteiger charge is 2.09. The summed E-state index contributed by atoms with van der Waals surface area (Å²) in [5.41, 5.74) is 1.14. The standard InChI is InChI=1S/C26H44O3/c1-3-4-5-6-7-8-9-10-11-12-13-14-18-21-26(27)29-24(2)22-28-23-25-19-16-15-17-20-25/h15-17,19-20,24H,3-14,18,21-23H2,1-2H3. The number of esters is 1. The minimum Gasteiger partial charge on any atom is -0.460 e. The predicted octanol–water partition coefficient (Wildman–Crippen LogP) is 7.62. The van der Waals surface area contributed by atoms with E-state index in [1.807, 2.05) is 37.3 Å². The van der Waals surface area contributed by atoms with Crippen molar-refractivity contribution in [3.63, 3.8) is 0 Å². The van der Waals surface area contributed by atoms with Gasteiger partial charge in [0, 0.05) is 6.42 Å². The van der Waals surface area contributed by atoms with E-state index in [-0.39, 0.29) is 12.1 Å². The van der Waals surface area contributed by atoms with Crippen LogP contribution in [0.3, 0.4) is 0 Å². The lowest BCUT2D eigenvalue weighted by Gasteiger charge is -2.13. The van der Waals surface area contributed by atoms with Crippen LogP contribution >= 0.6 is 0 Å². The molecule has 0 fully saturated rings. The second-order valence-electron chi connectivity index (χ2n) is 8.29. The number of hydrogen-bond donors (Lipinski definition) is 0. The van der Waals surface area contributed by atoms with E-state index in [0.29, 0.717) is 19.6 Å². The average Bonchev–Trinajstić information content (AvgIpc) is 2.72. The fourth-order valence-corrected chi connectivity index (χ4v) is 3.52. The molecule has 0 heterocycles. The maximum atomic E-state index is 11.9. The minimum atomic E-state index is -0.187. The maximum Gasteiger partial charge on any atom is 0.306 e. The molecule has 0 aliphatic carbocycles. The lowest BCUT2D eigenvalue weighted by Crippen LogP contribution is -2.20. The highest BCUT2D eigenvalue weighted by molar-refractivity contribution is 5.69. The summed E-state index contributed by atoms with van der Waals surface area (Å²) in [7, 11) is 0. The Kier molecular flexibility index (Phi) is 16.5. The molecular formula is C26H44O3. The summed E-state index contributed by atoms with van der Waals surface area (Å²) < 4.78 is 11.1. The van der Waals surface area contributed by atoms with E-state index in [0.717, 1.165) is 18.4 Å². The summed E-state index contributed by atoms with van der Waals surface area (Å²) in [4.78, 5) is 11.9. The van der Waals surface area contributed by atoms with Crippen molar-refractivity contribution in [3.05, 3.63) is 35.9 Å². The van der Waals surface area contributed by atoms with Crippen molar-refractivity contribution in [2.75, 3.05) is 6.61 Å². The van der Waals surface area contributed by atoms with Crippen molar-refractivity contribution in [1.29, 1.82) is 0 Å². The second-order valence-corrected chi connectivity index (χ2v) is 8.29. The summed E-state index contributed by atoms with van der Waals surface area (Å²) >= 11 is 0. The number of carbonyl (C=O) groups is 1. The summed E-state index contributed by atoms with van der Waals surface area (Å²) in [6.45, 7) is 5.17. The Morgan fingerprint density at radius 3 is 1.86 bits per heavy atom. The van der Waals surface area contributed by atoms with E-state index in [9.17, 15) is 4.79 Å². The van der Waals surface area contributed by atoms with Crippen LogP contribution in [-0.2, 0) is 20.9 Å². The SMILES string of the molecule is CCCCCCCCCCCCCCCC(=O)OC(C)COCc1ccccc1. The van der Waals surface area contributed by atoms with Gasteiger partial charge in [-0.1, -0.05) is 114 Å². The summed E-state index contributed by atoms with van der Waals surface area (Å²) in [6.07, 6.45) is 17.4. The molecular weight excluding hydrogens is 360 g/mol. The van der Waals surface area contributed by atoms with Crippen molar-refractivity contribution < 1.29 is 14.3 Å². The average molecular weight is 405 g/mol. The van der Waals surface area contributed by atoms with E-state index in [2.05, 4.69) is 6.92 Å². The van der Waals surface area contributed by atoms with Gasteiger partial charge >= 0.3 is 5.97 Å². The van der Waals surface area contributed by atoms with Crippen LogP contribution in [0.2, 0.25) is 0 Å². The highest BCUT2D eigenvalue weighted by atomic mass is 16.6. The maximum absolute atomic E-state index is 11.9. The minimum absolute atomic E-state index is 0.0936. The van der Waals surface area contributed by atoms with Gasteiger partial charge in [-0.2, -0.15) is 0 Å². The predicted molar refractivity (Wildman–Crippen MR) is 122 cm³/mol. The fourth-order valence-electron chi connectivity index (χ4n) is 3.52. The zero-order valence-corrected chi connectivity index (χ0v) is 19.0. The van der Waals surface area contributed by atoms with Crippen LogP contribution in [0.25, 0.3) is 0 Å². The topological polar surface area (TPSA) is 35.5 Å². The zero-order valence-electron chi connectivity index (χ0n) is 19.0. The smallest absolute Gasteiger partial charge is 0.306 e. The quantitative estimate of drug-likeness (QED) is 0.176. The van der Waals surface area contributed by atoms with E-state index < -0.39 is 0 Å². The molecule has 3 nitrogen and oxygen atoms in total. The molecule has 0 spiro atoms. The van der Waals surface area contributed by atoms with Crippen LogP contribution in [0, 0.1) is 0 Å². The summed E-state index contributed by atoms with van der Waals surface area (Å²) in [6, 6.07) is 10.1. The molecule has 1 atom stereocenters. The molecule has 0 radical (unpaired) electrons. The van der Waals surface area contributed by atoms with Crippen LogP contribution in [0.4, 0.5) is 0 Å². The van der Waals surface area contributed by atoms with E-state index in [1.54, 1.807) is 0 Å². The largest absolute Gasteiger partial charge is 0.460 e. The first-order valence-electron chi connectivity index (χ1n) is 12.0. The monoisotopic (exact) mass is 404 g/mol. The van der Waals surface area contributed by atoms with Crippen molar-refractivity contribution in [1.82, 2.24) is 0 Å². The first-order valence-corrected chi connectivity index (χ1v) is 12.0. The molecule has 1 unspecified atom stereocenters. The van der Waals surface area contributed by atoms with E-state index in [4.69, 9.17) is 9.47 Å². The molecule has 0 aromatic heterocycles. The molecule has 0 amide bonds. The Balaban J connectivity index is 1.85. The van der Waals surface area contributed by atoms with Crippen molar-refractivity contribution in [3.8, 4) is 0 Å². The third-order valence-corrected chi connectivity index (χ3v) is 5.28. The Labute approximate surface area is 179 Å². The van der Waals surface area contributed by atoms with Gasteiger partial charge < -0.3 is 9.47 Å². The van der Waals surface area contributed by atoms with Gasteiger partial charge in [-0.3, -0.25) is 4.79 Å². The summed E-state index contributed by atoms with van der Waals surface area (Å²) in [5, 5.41) is 0. The number of unbranched alkanes of at least 4 members (excludes halogenated alkanes) is 12. The third kappa shape index (κ3) is 16.2. The van der Waals surface area contributed by atoms with Crippen molar-refractivity contribution in [2.45, 2.75) is 116 Å². The van der Waals surface area contributed by atoms with Crippen LogP contribution < -0.4 is 0 Å². The number of carbonyl (C=O) groups excluding carboxylic acids is 1. The normalized spacial score (nSPS) is 12.1. The lowest BCUT2D eigenvalue weighted by atomic mass is 10.0. The Morgan fingerprint density at radius 1 is 0.793 bits per heavy atom. The molecule has 0 saturated heterocycles. The van der Waals surface area contributed by atoms with Crippen LogP contribution in [0.15, 0.2) is 30.3 Å². The van der Waals surface area contributed by atoms with Gasteiger partial charge in [-0.05, 0) is 18.9 Å². The van der Waals surface area contributed by atoms with Gasteiger partial charge in [0.2, 0.25) is 0 Å². The molecule has 0 N–H and O–H groups in total. The Morgan fingerprint density at radius 2 is 1.31 bits per heavy atom. The molecule has 0 saturated carbocycles. The van der Waals surface area contributed by atoms with E-state index >= 15 is 0 Å². The zero-order chi connectivity index (χ0) is 21.0. The van der Waals surface area contributed by atoms with Crippen molar-refractivity contribution >= 4 is 5.97 Å². The first-order chi connectivity index (χ1) is 14.2. The van der Waals surface area contributed by atoms with E-state index in [1.165, 1.54) is 70.6 Å². The molecule has 1 aromatic carbocycles.